The quantitative estimate of drug-likeness (QED) is 0.714. The Balaban J connectivity index is 2.55. The van der Waals surface area contributed by atoms with Crippen LogP contribution in [0, 0.1) is 0 Å². The smallest absolute Gasteiger partial charge is 0.410 e. The van der Waals surface area contributed by atoms with Crippen LogP contribution in [-0.4, -0.2) is 65.9 Å². The van der Waals surface area contributed by atoms with E-state index in [0.717, 1.165) is 0 Å². The van der Waals surface area contributed by atoms with Gasteiger partial charge in [0.2, 0.25) is 0 Å². The van der Waals surface area contributed by atoms with Crippen molar-refractivity contribution in [2.45, 2.75) is 38.5 Å². The highest BCUT2D eigenvalue weighted by Crippen LogP contribution is 2.17. The minimum Gasteiger partial charge on any atom is -0.444 e. The molecule has 1 saturated heterocycles. The van der Waals surface area contributed by atoms with Crippen LogP contribution < -0.4 is 0 Å². The van der Waals surface area contributed by atoms with Crippen LogP contribution in [0.25, 0.3) is 0 Å². The van der Waals surface area contributed by atoms with Crippen LogP contribution in [0.5, 0.6) is 0 Å². The van der Waals surface area contributed by atoms with Gasteiger partial charge in [0.1, 0.15) is 5.60 Å². The van der Waals surface area contributed by atoms with E-state index in [1.54, 1.807) is 4.90 Å². The summed E-state index contributed by atoms with van der Waals surface area (Å²) in [4.78, 5) is 15.2. The Morgan fingerprint density at radius 2 is 1.94 bits per heavy atom. The van der Waals surface area contributed by atoms with Crippen molar-refractivity contribution in [3.63, 3.8) is 0 Å². The molecule has 1 aliphatic rings. The van der Waals surface area contributed by atoms with E-state index in [4.69, 9.17) is 4.74 Å². The van der Waals surface area contributed by atoms with Gasteiger partial charge in [-0.15, -0.1) is 0 Å². The Bertz CT molecular complexity index is 260. The lowest BCUT2D eigenvalue weighted by atomic mass is 10.2. The molecule has 0 aliphatic carbocycles. The lowest BCUT2D eigenvalue weighted by molar-refractivity contribution is 0.0269. The van der Waals surface area contributed by atoms with E-state index >= 15 is 0 Å². The molecule has 5 nitrogen and oxygen atoms in total. The molecule has 1 aliphatic heterocycles. The first-order valence-electron chi connectivity index (χ1n) is 5.53. The highest BCUT2D eigenvalue weighted by Gasteiger charge is 2.36. The number of likely N-dealkylation sites (N-methyl/N-ethyl adjacent to an activating group) is 1. The van der Waals surface area contributed by atoms with Crippen molar-refractivity contribution >= 4 is 6.09 Å². The number of aliphatic hydroxyl groups is 1. The fraction of sp³-hybridized carbons (Fsp3) is 0.909. The van der Waals surface area contributed by atoms with Gasteiger partial charge < -0.3 is 19.6 Å². The summed E-state index contributed by atoms with van der Waals surface area (Å²) in [5.41, 5.74) is -0.488. The predicted molar refractivity (Wildman–Crippen MR) is 61.3 cm³/mol. The Morgan fingerprint density at radius 1 is 1.38 bits per heavy atom. The third-order valence-electron chi connectivity index (χ3n) is 2.57. The second kappa shape index (κ2) is 4.59. The molecule has 1 heterocycles. The van der Waals surface area contributed by atoms with E-state index in [2.05, 4.69) is 0 Å². The average molecular weight is 230 g/mol. The number of likely N-dealkylation sites (tertiary alicyclic amines) is 1. The van der Waals surface area contributed by atoms with Gasteiger partial charge in [0, 0.05) is 6.54 Å². The predicted octanol–water partition coefficient (Wildman–Crippen LogP) is 0.528. The molecule has 0 saturated carbocycles. The highest BCUT2D eigenvalue weighted by molar-refractivity contribution is 5.68. The minimum atomic E-state index is -0.498. The number of ether oxygens (including phenoxy) is 1. The monoisotopic (exact) mass is 230 g/mol. The average Bonchev–Trinajstić information content (AvgIpc) is 2.44. The summed E-state index contributed by atoms with van der Waals surface area (Å²) in [5, 5.41) is 9.79. The number of aliphatic hydroxyl groups excluding tert-OH is 1. The first-order chi connectivity index (χ1) is 7.20. The maximum absolute atomic E-state index is 11.7. The SMILES string of the molecule is CN(C)[C@@H]1CN(C(=O)OC(C)(C)C)C[C@H]1O. The summed E-state index contributed by atoms with van der Waals surface area (Å²) in [6.07, 6.45) is -0.849. The van der Waals surface area contributed by atoms with Gasteiger partial charge in [0.05, 0.1) is 18.7 Å². The maximum atomic E-state index is 11.7. The summed E-state index contributed by atoms with van der Waals surface area (Å²) >= 11 is 0. The molecule has 0 aromatic carbocycles. The van der Waals surface area contributed by atoms with E-state index < -0.39 is 11.7 Å². The van der Waals surface area contributed by atoms with Crippen LogP contribution in [0.1, 0.15) is 20.8 Å². The molecule has 0 radical (unpaired) electrons. The third kappa shape index (κ3) is 3.35. The van der Waals surface area contributed by atoms with Gasteiger partial charge >= 0.3 is 6.09 Å². The molecule has 0 aromatic heterocycles. The van der Waals surface area contributed by atoms with Crippen LogP contribution in [-0.2, 0) is 4.74 Å². The number of amides is 1. The van der Waals surface area contributed by atoms with Crippen molar-refractivity contribution in [1.82, 2.24) is 9.80 Å². The Labute approximate surface area is 97.0 Å². The van der Waals surface area contributed by atoms with Crippen molar-refractivity contribution in [2.75, 3.05) is 27.2 Å². The van der Waals surface area contributed by atoms with Crippen molar-refractivity contribution in [2.24, 2.45) is 0 Å². The Hall–Kier alpha value is -0.810. The molecule has 16 heavy (non-hydrogen) atoms. The fourth-order valence-corrected chi connectivity index (χ4v) is 1.75. The standard InChI is InChI=1S/C11H22N2O3/c1-11(2,3)16-10(15)13-6-8(12(4)5)9(14)7-13/h8-9,14H,6-7H2,1-5H3/t8-,9-/m1/s1. The third-order valence-corrected chi connectivity index (χ3v) is 2.57. The number of β-amino-alcohol motifs (C(OH)–C–C–N with tert-alkyl or cyclic N) is 1. The second-order valence-electron chi connectivity index (χ2n) is 5.48. The molecule has 1 amide bonds. The van der Waals surface area contributed by atoms with Crippen molar-refractivity contribution < 1.29 is 14.6 Å². The molecule has 0 spiro atoms. The molecule has 1 N–H and O–H groups in total. The number of carbonyl (C=O) groups is 1. The van der Waals surface area contributed by atoms with Crippen LogP contribution in [0.15, 0.2) is 0 Å². The van der Waals surface area contributed by atoms with Gasteiger partial charge in [-0.05, 0) is 34.9 Å². The van der Waals surface area contributed by atoms with E-state index in [0.29, 0.717) is 13.1 Å². The van der Waals surface area contributed by atoms with Crippen LogP contribution >= 0.6 is 0 Å². The molecule has 5 heteroatoms. The highest BCUT2D eigenvalue weighted by atomic mass is 16.6. The van der Waals surface area contributed by atoms with Crippen LogP contribution in [0.4, 0.5) is 4.79 Å². The lowest BCUT2D eigenvalue weighted by Gasteiger charge is -2.25. The van der Waals surface area contributed by atoms with Gasteiger partial charge in [-0.25, -0.2) is 4.79 Å². The normalized spacial score (nSPS) is 26.3. The Kier molecular flexibility index (Phi) is 3.80. The second-order valence-corrected chi connectivity index (χ2v) is 5.48. The zero-order chi connectivity index (χ0) is 12.5. The molecule has 0 aromatic rings. The molecule has 0 bridgehead atoms. The molecule has 94 valence electrons. The lowest BCUT2D eigenvalue weighted by Crippen LogP contribution is -2.39. The summed E-state index contributed by atoms with van der Waals surface area (Å²) in [6.45, 7) is 6.36. The van der Waals surface area contributed by atoms with Gasteiger partial charge in [0.25, 0.3) is 0 Å². The summed E-state index contributed by atoms with van der Waals surface area (Å²) in [5.74, 6) is 0. The first kappa shape index (κ1) is 13.3. The summed E-state index contributed by atoms with van der Waals surface area (Å²) in [7, 11) is 3.79. The number of nitrogens with zero attached hydrogens (tertiary/aromatic N) is 2. The molecule has 1 rings (SSSR count). The minimum absolute atomic E-state index is 0.00693. The number of hydrogen-bond donors (Lipinski definition) is 1. The Morgan fingerprint density at radius 3 is 2.31 bits per heavy atom. The number of rotatable bonds is 1. The van der Waals surface area contributed by atoms with E-state index in [1.807, 2.05) is 39.8 Å². The van der Waals surface area contributed by atoms with Crippen molar-refractivity contribution in [3.8, 4) is 0 Å². The van der Waals surface area contributed by atoms with Crippen LogP contribution in [0.2, 0.25) is 0 Å². The summed E-state index contributed by atoms with van der Waals surface area (Å²) < 4.78 is 5.26. The van der Waals surface area contributed by atoms with Gasteiger partial charge in [0.15, 0.2) is 0 Å². The summed E-state index contributed by atoms with van der Waals surface area (Å²) in [6, 6.07) is -0.00693. The van der Waals surface area contributed by atoms with Gasteiger partial charge in [-0.2, -0.15) is 0 Å². The molecule has 2 atom stereocenters. The zero-order valence-corrected chi connectivity index (χ0v) is 10.7. The molecule has 1 fully saturated rings. The van der Waals surface area contributed by atoms with Gasteiger partial charge in [-0.1, -0.05) is 0 Å². The largest absolute Gasteiger partial charge is 0.444 e. The van der Waals surface area contributed by atoms with E-state index in [1.165, 1.54) is 0 Å². The number of carbonyl (C=O) groups excluding carboxylic acids is 1. The fourth-order valence-electron chi connectivity index (χ4n) is 1.75. The zero-order valence-electron chi connectivity index (χ0n) is 10.7. The maximum Gasteiger partial charge on any atom is 0.410 e. The van der Waals surface area contributed by atoms with E-state index in [9.17, 15) is 9.90 Å². The van der Waals surface area contributed by atoms with Crippen molar-refractivity contribution in [3.05, 3.63) is 0 Å². The molecular formula is C11H22N2O3. The molecular weight excluding hydrogens is 208 g/mol. The van der Waals surface area contributed by atoms with Gasteiger partial charge in [-0.3, -0.25) is 0 Å². The number of hydrogen-bond acceptors (Lipinski definition) is 4. The van der Waals surface area contributed by atoms with E-state index in [-0.39, 0.29) is 12.1 Å². The van der Waals surface area contributed by atoms with Crippen molar-refractivity contribution in [1.29, 1.82) is 0 Å². The van der Waals surface area contributed by atoms with Crippen LogP contribution in [0.3, 0.4) is 0 Å². The molecule has 0 unspecified atom stereocenters. The first-order valence-corrected chi connectivity index (χ1v) is 5.53. The topological polar surface area (TPSA) is 53.0 Å².